The van der Waals surface area contributed by atoms with E-state index in [9.17, 15) is 0 Å². The maximum absolute atomic E-state index is 5.01. The van der Waals surface area contributed by atoms with Crippen molar-refractivity contribution in [3.05, 3.63) is 64.0 Å². The molecule has 172 valence electrons. The third kappa shape index (κ3) is 3.42. The van der Waals surface area contributed by atoms with E-state index in [2.05, 4.69) is 83.3 Å². The summed E-state index contributed by atoms with van der Waals surface area (Å²) in [5, 5.41) is 7.66. The number of aromatic nitrogens is 1. The van der Waals surface area contributed by atoms with E-state index in [1.165, 1.54) is 61.9 Å². The van der Waals surface area contributed by atoms with Crippen molar-refractivity contribution in [2.45, 2.75) is 53.4 Å². The quantitative estimate of drug-likeness (QED) is 0.236. The normalized spacial score (nSPS) is 12.8. The number of pyridine rings is 1. The van der Waals surface area contributed by atoms with Gasteiger partial charge in [-0.15, -0.1) is 34.0 Å². The van der Waals surface area contributed by atoms with Crippen LogP contribution in [-0.4, -0.2) is 4.98 Å². The van der Waals surface area contributed by atoms with E-state index in [4.69, 9.17) is 4.98 Å². The first-order chi connectivity index (χ1) is 16.2. The van der Waals surface area contributed by atoms with Gasteiger partial charge in [0.15, 0.2) is 0 Å². The molecule has 0 saturated heterocycles. The second-order valence-electron chi connectivity index (χ2n) is 10.8. The van der Waals surface area contributed by atoms with Gasteiger partial charge in [-0.2, -0.15) is 0 Å². The molecule has 0 atom stereocenters. The zero-order chi connectivity index (χ0) is 23.8. The Bertz CT molecular complexity index is 1700. The average molecular weight is 500 g/mol. The Morgan fingerprint density at radius 3 is 2.47 bits per heavy atom. The van der Waals surface area contributed by atoms with Crippen LogP contribution in [0.25, 0.3) is 51.6 Å². The maximum atomic E-state index is 5.01. The summed E-state index contributed by atoms with van der Waals surface area (Å²) >= 11 is 5.74. The average Bonchev–Trinajstić information content (AvgIpc) is 3.47. The molecule has 34 heavy (non-hydrogen) atoms. The van der Waals surface area contributed by atoms with E-state index in [0.717, 1.165) is 12.1 Å². The summed E-state index contributed by atoms with van der Waals surface area (Å²) in [4.78, 5) is 6.54. The van der Waals surface area contributed by atoms with E-state index in [1.807, 2.05) is 40.2 Å². The molecule has 0 fully saturated rings. The molecule has 1 nitrogen and oxygen atoms in total. The molecule has 0 spiro atoms. The first kappa shape index (κ1) is 22.2. The Hall–Kier alpha value is -2.27. The number of hydrogen-bond acceptors (Lipinski definition) is 4. The van der Waals surface area contributed by atoms with Crippen LogP contribution in [0.15, 0.2) is 48.0 Å². The van der Waals surface area contributed by atoms with Crippen LogP contribution in [0.5, 0.6) is 0 Å². The smallest absolute Gasteiger partial charge is 0.0795 e. The Labute approximate surface area is 213 Å². The van der Waals surface area contributed by atoms with Crippen molar-refractivity contribution in [3.63, 3.8) is 0 Å². The van der Waals surface area contributed by atoms with Crippen LogP contribution >= 0.6 is 34.0 Å². The van der Waals surface area contributed by atoms with Gasteiger partial charge in [-0.1, -0.05) is 40.7 Å². The van der Waals surface area contributed by atoms with Gasteiger partial charge in [0.2, 0.25) is 0 Å². The summed E-state index contributed by atoms with van der Waals surface area (Å²) in [5.74, 6) is 0.659. The fraction of sp³-hybridized carbons (Fsp3) is 0.300. The zero-order valence-electron chi connectivity index (χ0n) is 20.6. The van der Waals surface area contributed by atoms with Crippen molar-refractivity contribution in [2.24, 2.45) is 5.92 Å². The first-order valence-electron chi connectivity index (χ1n) is 12.0. The fourth-order valence-electron chi connectivity index (χ4n) is 5.09. The molecule has 0 aliphatic heterocycles. The molecule has 0 N–H and O–H groups in total. The van der Waals surface area contributed by atoms with Crippen LogP contribution in [0.3, 0.4) is 0 Å². The standard InChI is InChI=1S/C30H29NS3/c1-16(2)13-24-17(3)20-7-8-22-26(29(20)34-24)25-23(33-22)9-11-31-27(25)19-14-18-10-12-32-28(18)21(15-19)30(4,5)6/h7-12,14-16H,13H2,1-6H3. The molecule has 0 bridgehead atoms. The zero-order valence-corrected chi connectivity index (χ0v) is 23.0. The van der Waals surface area contributed by atoms with Crippen molar-refractivity contribution in [3.8, 4) is 11.3 Å². The molecule has 4 heterocycles. The van der Waals surface area contributed by atoms with Crippen LogP contribution < -0.4 is 0 Å². The number of rotatable bonds is 3. The molecule has 6 rings (SSSR count). The van der Waals surface area contributed by atoms with Crippen molar-refractivity contribution in [1.29, 1.82) is 0 Å². The van der Waals surface area contributed by atoms with Crippen molar-refractivity contribution in [1.82, 2.24) is 4.98 Å². The minimum Gasteiger partial charge on any atom is -0.256 e. The number of thiophene rings is 3. The Kier molecular flexibility index (Phi) is 5.14. The topological polar surface area (TPSA) is 12.9 Å². The molecular weight excluding hydrogens is 471 g/mol. The number of aryl methyl sites for hydroxylation is 1. The second-order valence-corrected chi connectivity index (χ2v) is 13.9. The summed E-state index contributed by atoms with van der Waals surface area (Å²) in [7, 11) is 0. The highest BCUT2D eigenvalue weighted by molar-refractivity contribution is 7.27. The summed E-state index contributed by atoms with van der Waals surface area (Å²) in [6, 6.07) is 13.9. The van der Waals surface area contributed by atoms with Gasteiger partial charge in [0.1, 0.15) is 0 Å². The van der Waals surface area contributed by atoms with Gasteiger partial charge in [-0.25, -0.2) is 0 Å². The molecule has 6 aromatic rings. The monoisotopic (exact) mass is 499 g/mol. The van der Waals surface area contributed by atoms with Gasteiger partial charge in [0.05, 0.1) is 5.69 Å². The summed E-state index contributed by atoms with van der Waals surface area (Å²) < 4.78 is 5.51. The molecule has 0 unspecified atom stereocenters. The van der Waals surface area contributed by atoms with Gasteiger partial charge in [0.25, 0.3) is 0 Å². The van der Waals surface area contributed by atoms with Gasteiger partial charge < -0.3 is 0 Å². The third-order valence-corrected chi connectivity index (χ3v) is 10.2. The highest BCUT2D eigenvalue weighted by atomic mass is 32.1. The summed E-state index contributed by atoms with van der Waals surface area (Å²) in [6.45, 7) is 13.9. The molecule has 0 amide bonds. The maximum Gasteiger partial charge on any atom is 0.0795 e. The van der Waals surface area contributed by atoms with Gasteiger partial charge >= 0.3 is 0 Å². The molecule has 0 aliphatic rings. The minimum absolute atomic E-state index is 0.0770. The summed E-state index contributed by atoms with van der Waals surface area (Å²) in [5.41, 5.74) is 5.29. The lowest BCUT2D eigenvalue weighted by Gasteiger charge is -2.21. The largest absolute Gasteiger partial charge is 0.256 e. The van der Waals surface area contributed by atoms with E-state index in [1.54, 1.807) is 0 Å². The highest BCUT2D eigenvalue weighted by Gasteiger charge is 2.22. The molecule has 0 saturated carbocycles. The molecule has 0 radical (unpaired) electrons. The lowest BCUT2D eigenvalue weighted by atomic mass is 9.85. The predicted molar refractivity (Wildman–Crippen MR) is 155 cm³/mol. The van der Waals surface area contributed by atoms with E-state index in [-0.39, 0.29) is 5.41 Å². The second kappa shape index (κ2) is 7.87. The first-order valence-corrected chi connectivity index (χ1v) is 14.5. The molecule has 4 heteroatoms. The van der Waals surface area contributed by atoms with Gasteiger partial charge in [-0.3, -0.25) is 4.98 Å². The number of nitrogens with zero attached hydrogens (tertiary/aromatic N) is 1. The van der Waals surface area contributed by atoms with Crippen LogP contribution in [0, 0.1) is 12.8 Å². The Morgan fingerprint density at radius 2 is 1.71 bits per heavy atom. The summed E-state index contributed by atoms with van der Waals surface area (Å²) in [6.07, 6.45) is 3.13. The third-order valence-electron chi connectivity index (χ3n) is 6.78. The SMILES string of the molecule is Cc1c(CC(C)C)sc2c1ccc1sc3ccnc(-c4cc(C(C)(C)C)c5sccc5c4)c3c12. The predicted octanol–water partition coefficient (Wildman–Crippen LogP) is 10.4. The highest BCUT2D eigenvalue weighted by Crippen LogP contribution is 2.47. The van der Waals surface area contributed by atoms with Crippen molar-refractivity contribution in [2.75, 3.05) is 0 Å². The van der Waals surface area contributed by atoms with Gasteiger partial charge in [-0.05, 0) is 82.3 Å². The Morgan fingerprint density at radius 1 is 0.912 bits per heavy atom. The lowest BCUT2D eigenvalue weighted by molar-refractivity contribution is 0.597. The van der Waals surface area contributed by atoms with Gasteiger partial charge in [0, 0.05) is 46.2 Å². The van der Waals surface area contributed by atoms with Crippen LogP contribution in [0.4, 0.5) is 0 Å². The number of benzene rings is 2. The van der Waals surface area contributed by atoms with Crippen LogP contribution in [0.2, 0.25) is 0 Å². The Balaban J connectivity index is 1.71. The fourth-order valence-corrected chi connectivity index (χ4v) is 8.94. The number of fused-ring (bicyclic) bond motifs is 6. The molecule has 0 aliphatic carbocycles. The van der Waals surface area contributed by atoms with Crippen LogP contribution in [-0.2, 0) is 11.8 Å². The molecule has 2 aromatic carbocycles. The molecule has 4 aromatic heterocycles. The minimum atomic E-state index is 0.0770. The van der Waals surface area contributed by atoms with Crippen molar-refractivity contribution < 1.29 is 0 Å². The number of hydrogen-bond donors (Lipinski definition) is 0. The lowest BCUT2D eigenvalue weighted by Crippen LogP contribution is -2.11. The van der Waals surface area contributed by atoms with E-state index >= 15 is 0 Å². The van der Waals surface area contributed by atoms with E-state index < -0.39 is 0 Å². The van der Waals surface area contributed by atoms with Crippen LogP contribution in [0.1, 0.15) is 50.6 Å². The molecular formula is C30H29NS3. The van der Waals surface area contributed by atoms with Crippen molar-refractivity contribution >= 4 is 74.4 Å². The van der Waals surface area contributed by atoms with E-state index in [0.29, 0.717) is 5.92 Å².